The van der Waals surface area contributed by atoms with Crippen LogP contribution in [0.4, 0.5) is 0 Å². The number of benzene rings is 2. The molecule has 22 heavy (non-hydrogen) atoms. The van der Waals surface area contributed by atoms with E-state index in [1.807, 2.05) is 24.3 Å². The molecule has 0 aliphatic carbocycles. The highest BCUT2D eigenvalue weighted by Crippen LogP contribution is 2.37. The van der Waals surface area contributed by atoms with Crippen LogP contribution in [0, 0.1) is 0 Å². The van der Waals surface area contributed by atoms with Crippen LogP contribution in [-0.2, 0) is 11.2 Å². The average Bonchev–Trinajstić information content (AvgIpc) is 2.59. The van der Waals surface area contributed by atoms with E-state index >= 15 is 0 Å². The fourth-order valence-electron chi connectivity index (χ4n) is 2.73. The van der Waals surface area contributed by atoms with E-state index < -0.39 is 0 Å². The first kappa shape index (κ1) is 14.7. The van der Waals surface area contributed by atoms with Crippen molar-refractivity contribution in [1.82, 2.24) is 0 Å². The molecule has 3 rings (SSSR count). The first-order valence-electron chi connectivity index (χ1n) is 7.41. The summed E-state index contributed by atoms with van der Waals surface area (Å²) in [6.45, 7) is 0.715. The summed E-state index contributed by atoms with van der Waals surface area (Å²) in [5, 5.41) is 0. The lowest BCUT2D eigenvalue weighted by molar-refractivity contribution is 0.0751. The Labute approximate surface area is 131 Å². The van der Waals surface area contributed by atoms with Crippen molar-refractivity contribution in [2.45, 2.75) is 12.5 Å². The van der Waals surface area contributed by atoms with E-state index in [0.29, 0.717) is 6.61 Å². The molecule has 1 aliphatic heterocycles. The van der Waals surface area contributed by atoms with Gasteiger partial charge in [-0.15, -0.1) is 0 Å². The topological polar surface area (TPSA) is 27.7 Å². The number of hydrogen-bond donors (Lipinski definition) is 0. The van der Waals surface area contributed by atoms with Crippen LogP contribution in [0.5, 0.6) is 11.5 Å². The van der Waals surface area contributed by atoms with E-state index in [1.165, 1.54) is 11.1 Å². The lowest BCUT2D eigenvalue weighted by Gasteiger charge is -2.25. The molecule has 0 saturated heterocycles. The normalized spacial score (nSPS) is 17.3. The van der Waals surface area contributed by atoms with Crippen LogP contribution in [0.15, 0.2) is 48.5 Å². The summed E-state index contributed by atoms with van der Waals surface area (Å²) in [6, 6.07) is 14.3. The Balaban J connectivity index is 1.92. The highest BCUT2D eigenvalue weighted by Gasteiger charge is 2.21. The maximum atomic E-state index is 5.92. The summed E-state index contributed by atoms with van der Waals surface area (Å²) in [5.74, 6) is 1.51. The Kier molecular flexibility index (Phi) is 4.45. The summed E-state index contributed by atoms with van der Waals surface area (Å²) in [5.41, 5.74) is 3.57. The van der Waals surface area contributed by atoms with Crippen LogP contribution in [-0.4, -0.2) is 20.8 Å². The third kappa shape index (κ3) is 3.00. The first-order valence-corrected chi connectivity index (χ1v) is 7.41. The fourth-order valence-corrected chi connectivity index (χ4v) is 2.73. The molecule has 0 N–H and O–H groups in total. The second-order valence-electron chi connectivity index (χ2n) is 5.22. The SMILES string of the molecule is COc1cc2c(cc1OC)[C@@H](/C=C/c1ccccc1)OCC2. The largest absolute Gasteiger partial charge is 0.493 e. The molecule has 0 spiro atoms. The standard InChI is InChI=1S/C19H20O3/c1-20-18-12-15-10-11-22-17(16(15)13-19(18)21-2)9-8-14-6-4-3-5-7-14/h3-9,12-13,17H,10-11H2,1-2H3/b9-8+/t17-/m1/s1. The molecule has 1 heterocycles. The van der Waals surface area contributed by atoms with E-state index in [1.54, 1.807) is 14.2 Å². The third-order valence-electron chi connectivity index (χ3n) is 3.88. The smallest absolute Gasteiger partial charge is 0.161 e. The van der Waals surface area contributed by atoms with Gasteiger partial charge in [0, 0.05) is 0 Å². The Morgan fingerprint density at radius 1 is 1.05 bits per heavy atom. The van der Waals surface area contributed by atoms with Crippen molar-refractivity contribution >= 4 is 6.08 Å². The van der Waals surface area contributed by atoms with Crippen LogP contribution < -0.4 is 9.47 Å². The van der Waals surface area contributed by atoms with E-state index in [-0.39, 0.29) is 6.10 Å². The molecule has 0 saturated carbocycles. The Morgan fingerprint density at radius 3 is 2.50 bits per heavy atom. The van der Waals surface area contributed by atoms with Gasteiger partial charge in [-0.2, -0.15) is 0 Å². The summed E-state index contributed by atoms with van der Waals surface area (Å²) in [7, 11) is 3.32. The van der Waals surface area contributed by atoms with E-state index in [2.05, 4.69) is 30.4 Å². The maximum absolute atomic E-state index is 5.92. The molecule has 3 nitrogen and oxygen atoms in total. The van der Waals surface area contributed by atoms with Crippen molar-refractivity contribution in [3.63, 3.8) is 0 Å². The van der Waals surface area contributed by atoms with Gasteiger partial charge in [0.15, 0.2) is 11.5 Å². The van der Waals surface area contributed by atoms with Crippen molar-refractivity contribution in [1.29, 1.82) is 0 Å². The molecule has 0 unspecified atom stereocenters. The molecule has 3 heteroatoms. The van der Waals surface area contributed by atoms with Crippen molar-refractivity contribution in [3.8, 4) is 11.5 Å². The van der Waals surface area contributed by atoms with Crippen LogP contribution in [0.1, 0.15) is 22.8 Å². The van der Waals surface area contributed by atoms with Crippen LogP contribution in [0.3, 0.4) is 0 Å². The third-order valence-corrected chi connectivity index (χ3v) is 3.88. The van der Waals surface area contributed by atoms with Gasteiger partial charge in [0.25, 0.3) is 0 Å². The molecule has 0 radical (unpaired) electrons. The van der Waals surface area contributed by atoms with Crippen molar-refractivity contribution in [3.05, 3.63) is 65.2 Å². The van der Waals surface area contributed by atoms with Gasteiger partial charge >= 0.3 is 0 Å². The zero-order valence-electron chi connectivity index (χ0n) is 12.9. The van der Waals surface area contributed by atoms with Gasteiger partial charge in [-0.3, -0.25) is 0 Å². The number of hydrogen-bond acceptors (Lipinski definition) is 3. The number of fused-ring (bicyclic) bond motifs is 1. The minimum atomic E-state index is -0.0521. The Hall–Kier alpha value is -2.26. The van der Waals surface area contributed by atoms with Gasteiger partial charge in [0.1, 0.15) is 6.10 Å². The van der Waals surface area contributed by atoms with Crippen LogP contribution in [0.25, 0.3) is 6.08 Å². The lowest BCUT2D eigenvalue weighted by Crippen LogP contribution is -2.15. The second kappa shape index (κ2) is 6.67. The maximum Gasteiger partial charge on any atom is 0.161 e. The summed E-state index contributed by atoms with van der Waals surface area (Å²) < 4.78 is 16.7. The minimum absolute atomic E-state index is 0.0521. The fraction of sp³-hybridized carbons (Fsp3) is 0.263. The first-order chi connectivity index (χ1) is 10.8. The zero-order valence-corrected chi connectivity index (χ0v) is 12.9. The molecular formula is C19H20O3. The van der Waals surface area contributed by atoms with E-state index in [4.69, 9.17) is 14.2 Å². The number of methoxy groups -OCH3 is 2. The Bertz CT molecular complexity index is 662. The van der Waals surface area contributed by atoms with Gasteiger partial charge in [0.2, 0.25) is 0 Å². The summed E-state index contributed by atoms with van der Waals surface area (Å²) >= 11 is 0. The van der Waals surface area contributed by atoms with Crippen molar-refractivity contribution in [2.75, 3.05) is 20.8 Å². The van der Waals surface area contributed by atoms with Gasteiger partial charge in [-0.25, -0.2) is 0 Å². The van der Waals surface area contributed by atoms with Gasteiger partial charge in [-0.1, -0.05) is 42.5 Å². The average molecular weight is 296 g/mol. The number of ether oxygens (including phenoxy) is 3. The Morgan fingerprint density at radius 2 is 1.77 bits per heavy atom. The predicted octanol–water partition coefficient (Wildman–Crippen LogP) is 4.03. The highest BCUT2D eigenvalue weighted by atomic mass is 16.5. The molecule has 114 valence electrons. The highest BCUT2D eigenvalue weighted by molar-refractivity contribution is 5.53. The van der Waals surface area contributed by atoms with Gasteiger partial charge in [0.05, 0.1) is 20.8 Å². The van der Waals surface area contributed by atoms with Gasteiger partial charge in [-0.05, 0) is 35.2 Å². The van der Waals surface area contributed by atoms with Crippen LogP contribution >= 0.6 is 0 Å². The summed E-state index contributed by atoms with van der Waals surface area (Å²) in [6.07, 6.45) is 5.03. The van der Waals surface area contributed by atoms with Crippen molar-refractivity contribution < 1.29 is 14.2 Å². The monoisotopic (exact) mass is 296 g/mol. The molecule has 1 aliphatic rings. The summed E-state index contributed by atoms with van der Waals surface area (Å²) in [4.78, 5) is 0. The van der Waals surface area contributed by atoms with E-state index in [9.17, 15) is 0 Å². The molecule has 0 amide bonds. The van der Waals surface area contributed by atoms with Crippen molar-refractivity contribution in [2.24, 2.45) is 0 Å². The molecule has 2 aromatic rings. The molecule has 0 aromatic heterocycles. The van der Waals surface area contributed by atoms with Gasteiger partial charge < -0.3 is 14.2 Å². The molecular weight excluding hydrogens is 276 g/mol. The quantitative estimate of drug-likeness (QED) is 0.852. The molecule has 0 bridgehead atoms. The van der Waals surface area contributed by atoms with Crippen LogP contribution in [0.2, 0.25) is 0 Å². The predicted molar refractivity (Wildman–Crippen MR) is 87.4 cm³/mol. The zero-order chi connectivity index (χ0) is 15.4. The molecule has 1 atom stereocenters. The minimum Gasteiger partial charge on any atom is -0.493 e. The van der Waals surface area contributed by atoms with E-state index in [0.717, 1.165) is 23.5 Å². The second-order valence-corrected chi connectivity index (χ2v) is 5.22. The number of rotatable bonds is 4. The molecule has 2 aromatic carbocycles. The molecule has 0 fully saturated rings. The lowest BCUT2D eigenvalue weighted by atomic mass is 9.96.